The number of nitrogens with one attached hydrogen (secondary N) is 1. The Morgan fingerprint density at radius 1 is 1.47 bits per heavy atom. The van der Waals surface area contributed by atoms with Crippen molar-refractivity contribution in [2.24, 2.45) is 11.8 Å². The summed E-state index contributed by atoms with van der Waals surface area (Å²) in [6.07, 6.45) is 0.386. The summed E-state index contributed by atoms with van der Waals surface area (Å²) in [7, 11) is 0. The molecule has 0 saturated heterocycles. The Bertz CT molecular complexity index is 252. The van der Waals surface area contributed by atoms with Crippen molar-refractivity contribution in [1.82, 2.24) is 5.43 Å². The Balaban J connectivity index is 4.08. The van der Waals surface area contributed by atoms with Crippen LogP contribution in [0.2, 0.25) is 0 Å². The Hall–Kier alpha value is -0.140. The van der Waals surface area contributed by atoms with Crippen LogP contribution in [-0.4, -0.2) is 28.0 Å². The molecule has 0 saturated carbocycles. The Morgan fingerprint density at radius 3 is 2.41 bits per heavy atom. The van der Waals surface area contributed by atoms with Crippen LogP contribution in [0.3, 0.4) is 0 Å². The Labute approximate surface area is 108 Å². The number of nitrogens with two attached hydrogens (primary N) is 1. The topological polar surface area (TPSA) is 84.6 Å². The summed E-state index contributed by atoms with van der Waals surface area (Å²) in [5, 5.41) is 9.78. The zero-order valence-electron chi connectivity index (χ0n) is 11.2. The van der Waals surface area contributed by atoms with Gasteiger partial charge in [-0.3, -0.25) is 20.2 Å². The molecule has 5 nitrogen and oxygen atoms in total. The molecule has 0 heterocycles. The zero-order valence-corrected chi connectivity index (χ0v) is 12.1. The molecule has 0 fully saturated rings. The van der Waals surface area contributed by atoms with E-state index in [0.29, 0.717) is 13.0 Å². The van der Waals surface area contributed by atoms with E-state index in [9.17, 15) is 9.90 Å². The van der Waals surface area contributed by atoms with Gasteiger partial charge in [-0.2, -0.15) is 0 Å². The highest BCUT2D eigenvalue weighted by molar-refractivity contribution is 8.09. The minimum Gasteiger partial charge on any atom is -0.387 e. The van der Waals surface area contributed by atoms with Crippen LogP contribution in [0.1, 0.15) is 41.0 Å². The molecule has 6 heteroatoms. The third kappa shape index (κ3) is 6.38. The van der Waals surface area contributed by atoms with Crippen LogP contribution in [-0.2, 0) is 8.98 Å². The van der Waals surface area contributed by atoms with Crippen LogP contribution in [0.25, 0.3) is 0 Å². The van der Waals surface area contributed by atoms with Crippen LogP contribution in [0.4, 0.5) is 0 Å². The van der Waals surface area contributed by atoms with Crippen LogP contribution in [0, 0.1) is 5.92 Å². The van der Waals surface area contributed by atoms with Crippen molar-refractivity contribution in [2.45, 2.75) is 52.2 Å². The summed E-state index contributed by atoms with van der Waals surface area (Å²) in [4.78, 5) is 11.6. The maximum atomic E-state index is 11.6. The second kappa shape index (κ2) is 6.70. The van der Waals surface area contributed by atoms with Gasteiger partial charge in [0.1, 0.15) is 5.60 Å². The highest BCUT2D eigenvalue weighted by Gasteiger charge is 2.37. The lowest BCUT2D eigenvalue weighted by atomic mass is 9.90. The predicted molar refractivity (Wildman–Crippen MR) is 70.0 cm³/mol. The molecular weight excluding hydrogens is 240 g/mol. The van der Waals surface area contributed by atoms with Crippen molar-refractivity contribution < 1.29 is 14.1 Å². The first-order chi connectivity index (χ1) is 7.60. The van der Waals surface area contributed by atoms with Gasteiger partial charge in [0, 0.05) is 13.0 Å². The third-order valence-electron chi connectivity index (χ3n) is 2.80. The molecule has 0 spiro atoms. The number of hydrogen-bond donors (Lipinski definition) is 3. The first-order valence-electron chi connectivity index (χ1n) is 5.64. The summed E-state index contributed by atoms with van der Waals surface area (Å²) >= 11 is 0.797. The van der Waals surface area contributed by atoms with Crippen molar-refractivity contribution in [2.75, 3.05) is 6.54 Å². The molecule has 4 N–H and O–H groups in total. The van der Waals surface area contributed by atoms with E-state index >= 15 is 0 Å². The lowest BCUT2D eigenvalue weighted by molar-refractivity contribution is -0.114. The molecule has 0 rings (SSSR count). The standard InChI is InChI=1S/C11H24N2O3S/c1-8(7-13-12)6-9(14)17-16-11(4,5)10(2,3)15/h8,13,15H,6-7,12H2,1-5H3. The molecule has 0 aromatic heterocycles. The van der Waals surface area contributed by atoms with E-state index in [-0.39, 0.29) is 11.0 Å². The molecule has 1 unspecified atom stereocenters. The smallest absolute Gasteiger partial charge is 0.215 e. The van der Waals surface area contributed by atoms with Crippen molar-refractivity contribution in [3.05, 3.63) is 0 Å². The lowest BCUT2D eigenvalue weighted by Gasteiger charge is -2.35. The molecule has 102 valence electrons. The minimum atomic E-state index is -1.01. The highest BCUT2D eigenvalue weighted by atomic mass is 32.2. The molecule has 0 radical (unpaired) electrons. The number of hydrogen-bond acceptors (Lipinski definition) is 6. The normalized spacial score (nSPS) is 14.8. The van der Waals surface area contributed by atoms with E-state index < -0.39 is 11.2 Å². The van der Waals surface area contributed by atoms with Crippen LogP contribution in [0.15, 0.2) is 0 Å². The molecule has 17 heavy (non-hydrogen) atoms. The summed E-state index contributed by atoms with van der Waals surface area (Å²) in [5.41, 5.74) is 0.729. The van der Waals surface area contributed by atoms with Gasteiger partial charge in [0.25, 0.3) is 0 Å². The zero-order chi connectivity index (χ0) is 13.7. The van der Waals surface area contributed by atoms with Crippen molar-refractivity contribution in [1.29, 1.82) is 0 Å². The molecule has 1 atom stereocenters. The number of carbonyl (C=O) groups excluding carboxylic acids is 1. The van der Waals surface area contributed by atoms with E-state index in [4.69, 9.17) is 10.0 Å². The van der Waals surface area contributed by atoms with Gasteiger partial charge >= 0.3 is 0 Å². The van der Waals surface area contributed by atoms with E-state index in [1.165, 1.54) is 0 Å². The average molecular weight is 264 g/mol. The summed E-state index contributed by atoms with van der Waals surface area (Å²) in [6, 6.07) is 0. The average Bonchev–Trinajstić information content (AvgIpc) is 2.13. The maximum Gasteiger partial charge on any atom is 0.215 e. The largest absolute Gasteiger partial charge is 0.387 e. The van der Waals surface area contributed by atoms with Gasteiger partial charge in [-0.15, -0.1) is 0 Å². The van der Waals surface area contributed by atoms with E-state index in [2.05, 4.69) is 5.43 Å². The predicted octanol–water partition coefficient (Wildman–Crippen LogP) is 1.22. The quantitative estimate of drug-likeness (QED) is 0.364. The van der Waals surface area contributed by atoms with Gasteiger partial charge in [-0.1, -0.05) is 6.92 Å². The van der Waals surface area contributed by atoms with Crippen LogP contribution in [0.5, 0.6) is 0 Å². The molecule has 0 bridgehead atoms. The first kappa shape index (κ1) is 16.9. The molecule has 0 aliphatic rings. The molecule has 0 aliphatic heterocycles. The summed E-state index contributed by atoms with van der Waals surface area (Å²) < 4.78 is 5.40. The SMILES string of the molecule is CC(CNN)CC(=O)SOC(C)(C)C(C)(C)O. The van der Waals surface area contributed by atoms with Crippen molar-refractivity contribution in [3.63, 3.8) is 0 Å². The van der Waals surface area contributed by atoms with Gasteiger partial charge < -0.3 is 5.11 Å². The second-order valence-electron chi connectivity index (χ2n) is 5.33. The molecule has 0 amide bonds. The van der Waals surface area contributed by atoms with Crippen molar-refractivity contribution >= 4 is 17.2 Å². The Morgan fingerprint density at radius 2 is 2.00 bits per heavy atom. The fourth-order valence-electron chi connectivity index (χ4n) is 0.844. The second-order valence-corrected chi connectivity index (χ2v) is 6.11. The molecular formula is C11H24N2O3S. The fraction of sp³-hybridized carbons (Fsp3) is 0.909. The minimum absolute atomic E-state index is 0.0647. The van der Waals surface area contributed by atoms with Crippen LogP contribution >= 0.6 is 12.0 Å². The van der Waals surface area contributed by atoms with E-state index in [1.54, 1.807) is 27.7 Å². The van der Waals surface area contributed by atoms with E-state index in [1.807, 2.05) is 6.92 Å². The third-order valence-corrected chi connectivity index (χ3v) is 3.65. The summed E-state index contributed by atoms with van der Waals surface area (Å²) in [5.74, 6) is 5.33. The van der Waals surface area contributed by atoms with Gasteiger partial charge in [0.15, 0.2) is 0 Å². The summed E-state index contributed by atoms with van der Waals surface area (Å²) in [6.45, 7) is 9.31. The molecule has 0 aromatic rings. The lowest BCUT2D eigenvalue weighted by Crippen LogP contribution is -2.46. The number of rotatable bonds is 7. The first-order valence-corrected chi connectivity index (χ1v) is 6.38. The maximum absolute atomic E-state index is 11.6. The van der Waals surface area contributed by atoms with Gasteiger partial charge in [0.2, 0.25) is 5.12 Å². The monoisotopic (exact) mass is 264 g/mol. The van der Waals surface area contributed by atoms with Gasteiger partial charge in [-0.05, 0) is 33.6 Å². The number of aliphatic hydroxyl groups is 1. The fourth-order valence-corrected chi connectivity index (χ4v) is 1.70. The Kier molecular flexibility index (Phi) is 6.65. The molecule has 0 aliphatic carbocycles. The molecule has 0 aromatic carbocycles. The van der Waals surface area contributed by atoms with Crippen molar-refractivity contribution in [3.8, 4) is 0 Å². The highest BCUT2D eigenvalue weighted by Crippen LogP contribution is 2.30. The van der Waals surface area contributed by atoms with E-state index in [0.717, 1.165) is 12.0 Å². The van der Waals surface area contributed by atoms with Gasteiger partial charge in [0.05, 0.1) is 17.6 Å². The number of hydrazine groups is 1. The van der Waals surface area contributed by atoms with Crippen LogP contribution < -0.4 is 11.3 Å². The number of carbonyl (C=O) groups is 1. The van der Waals surface area contributed by atoms with Gasteiger partial charge in [-0.25, -0.2) is 0 Å².